The van der Waals surface area contributed by atoms with Gasteiger partial charge in [-0.3, -0.25) is 4.79 Å². The second-order valence-corrected chi connectivity index (χ2v) is 7.92. The van der Waals surface area contributed by atoms with Crippen LogP contribution in [0.2, 0.25) is 0 Å². The number of nitrogens with zero attached hydrogens (tertiary/aromatic N) is 2. The fourth-order valence-corrected chi connectivity index (χ4v) is 4.89. The van der Waals surface area contributed by atoms with E-state index in [4.69, 9.17) is 0 Å². The van der Waals surface area contributed by atoms with Crippen LogP contribution in [-0.4, -0.2) is 17.4 Å². The minimum Gasteiger partial charge on any atom is -0.307 e. The van der Waals surface area contributed by atoms with E-state index in [2.05, 4.69) is 41.6 Å². The molecule has 122 valence electrons. The lowest BCUT2D eigenvalue weighted by atomic mass is 9.99. The third kappa shape index (κ3) is 2.68. The van der Waals surface area contributed by atoms with Crippen molar-refractivity contribution in [1.29, 1.82) is 0 Å². The van der Waals surface area contributed by atoms with E-state index in [0.717, 1.165) is 46.2 Å². The van der Waals surface area contributed by atoms with Crippen molar-refractivity contribution in [3.8, 4) is 10.6 Å². The number of amides is 1. The maximum Gasteiger partial charge on any atom is 0.270 e. The normalized spacial score (nSPS) is 13.8. The molecule has 4 rings (SSSR count). The Morgan fingerprint density at radius 1 is 1.25 bits per heavy atom. The number of anilines is 1. The summed E-state index contributed by atoms with van der Waals surface area (Å²) < 4.78 is 0. The van der Waals surface area contributed by atoms with E-state index >= 15 is 0 Å². The smallest absolute Gasteiger partial charge is 0.270 e. The number of aryl methyl sites for hydroxylation is 3. The van der Waals surface area contributed by atoms with Crippen molar-refractivity contribution in [3.63, 3.8) is 0 Å². The fraction of sp³-hybridized carbons (Fsp3) is 0.263. The fourth-order valence-electron chi connectivity index (χ4n) is 3.16. The van der Waals surface area contributed by atoms with Crippen LogP contribution in [0.5, 0.6) is 0 Å². The summed E-state index contributed by atoms with van der Waals surface area (Å²) in [5.41, 5.74) is 5.50. The highest BCUT2D eigenvalue weighted by molar-refractivity contribution is 7.17. The zero-order valence-corrected chi connectivity index (χ0v) is 15.3. The van der Waals surface area contributed by atoms with Gasteiger partial charge in [-0.05, 0) is 49.8 Å². The SMILES string of the molecule is Cc1ccc2c(c1)CCCN2C(=O)c1sc(-c2ccsc2)nc1C. The molecule has 0 atom stereocenters. The molecule has 24 heavy (non-hydrogen) atoms. The lowest BCUT2D eigenvalue weighted by Crippen LogP contribution is -2.35. The summed E-state index contributed by atoms with van der Waals surface area (Å²) in [5, 5.41) is 5.04. The zero-order chi connectivity index (χ0) is 16.7. The maximum absolute atomic E-state index is 13.2. The maximum atomic E-state index is 13.2. The molecule has 0 N–H and O–H groups in total. The number of carbonyl (C=O) groups excluding carboxylic acids is 1. The van der Waals surface area contributed by atoms with Crippen LogP contribution in [0.15, 0.2) is 35.0 Å². The Kier molecular flexibility index (Phi) is 3.98. The Labute approximate surface area is 149 Å². The van der Waals surface area contributed by atoms with Gasteiger partial charge in [0.05, 0.1) is 5.69 Å². The van der Waals surface area contributed by atoms with Gasteiger partial charge >= 0.3 is 0 Å². The van der Waals surface area contributed by atoms with Gasteiger partial charge in [-0.25, -0.2) is 4.98 Å². The van der Waals surface area contributed by atoms with Crippen LogP contribution in [0.4, 0.5) is 5.69 Å². The molecule has 3 heterocycles. The van der Waals surface area contributed by atoms with E-state index < -0.39 is 0 Å². The van der Waals surface area contributed by atoms with Crippen LogP contribution in [0.1, 0.15) is 32.9 Å². The Morgan fingerprint density at radius 3 is 2.92 bits per heavy atom. The molecule has 1 aliphatic rings. The lowest BCUT2D eigenvalue weighted by molar-refractivity contribution is 0.0988. The first-order valence-corrected chi connectivity index (χ1v) is 9.81. The average Bonchev–Trinajstić information content (AvgIpc) is 3.22. The van der Waals surface area contributed by atoms with Crippen LogP contribution in [0, 0.1) is 13.8 Å². The zero-order valence-electron chi connectivity index (χ0n) is 13.7. The van der Waals surface area contributed by atoms with Gasteiger partial charge < -0.3 is 4.90 Å². The number of rotatable bonds is 2. The molecule has 0 radical (unpaired) electrons. The molecular weight excluding hydrogens is 336 g/mol. The highest BCUT2D eigenvalue weighted by Gasteiger charge is 2.27. The third-order valence-electron chi connectivity index (χ3n) is 4.36. The van der Waals surface area contributed by atoms with Crippen molar-refractivity contribution in [1.82, 2.24) is 4.98 Å². The van der Waals surface area contributed by atoms with E-state index in [1.165, 1.54) is 22.5 Å². The van der Waals surface area contributed by atoms with Gasteiger partial charge in [0.25, 0.3) is 5.91 Å². The van der Waals surface area contributed by atoms with E-state index in [-0.39, 0.29) is 5.91 Å². The number of aromatic nitrogens is 1. The molecule has 0 saturated heterocycles. The Morgan fingerprint density at radius 2 is 2.12 bits per heavy atom. The van der Waals surface area contributed by atoms with Gasteiger partial charge in [-0.1, -0.05) is 17.7 Å². The minimum absolute atomic E-state index is 0.0799. The Balaban J connectivity index is 1.71. The van der Waals surface area contributed by atoms with E-state index in [9.17, 15) is 4.79 Å². The van der Waals surface area contributed by atoms with Crippen molar-refractivity contribution >= 4 is 34.3 Å². The van der Waals surface area contributed by atoms with Crippen LogP contribution >= 0.6 is 22.7 Å². The molecule has 3 aromatic rings. The number of thiazole rings is 1. The van der Waals surface area contributed by atoms with Gasteiger partial charge in [0.1, 0.15) is 9.88 Å². The first-order valence-electron chi connectivity index (χ1n) is 8.05. The summed E-state index contributed by atoms with van der Waals surface area (Å²) in [6.45, 7) is 4.81. The van der Waals surface area contributed by atoms with Crippen LogP contribution < -0.4 is 4.90 Å². The molecule has 0 spiro atoms. The topological polar surface area (TPSA) is 33.2 Å². The number of fused-ring (bicyclic) bond motifs is 1. The number of hydrogen-bond donors (Lipinski definition) is 0. The first-order chi connectivity index (χ1) is 11.6. The van der Waals surface area contributed by atoms with Gasteiger partial charge in [0.15, 0.2) is 0 Å². The molecule has 0 aliphatic carbocycles. The quantitative estimate of drug-likeness (QED) is 0.643. The van der Waals surface area contributed by atoms with Gasteiger partial charge in [-0.15, -0.1) is 11.3 Å². The third-order valence-corrected chi connectivity index (χ3v) is 6.24. The predicted molar refractivity (Wildman–Crippen MR) is 101 cm³/mol. The summed E-state index contributed by atoms with van der Waals surface area (Å²) in [4.78, 5) is 20.4. The molecule has 3 nitrogen and oxygen atoms in total. The van der Waals surface area contributed by atoms with E-state index in [1.54, 1.807) is 11.3 Å². The van der Waals surface area contributed by atoms with E-state index in [1.807, 2.05) is 17.2 Å². The monoisotopic (exact) mass is 354 g/mol. The molecule has 0 fully saturated rings. The predicted octanol–water partition coefficient (Wildman–Crippen LogP) is 5.08. The van der Waals surface area contributed by atoms with Gasteiger partial charge in [0.2, 0.25) is 0 Å². The van der Waals surface area contributed by atoms with Crippen LogP contribution in [-0.2, 0) is 6.42 Å². The molecule has 1 aliphatic heterocycles. The van der Waals surface area contributed by atoms with Crippen molar-refractivity contribution < 1.29 is 4.79 Å². The van der Waals surface area contributed by atoms with E-state index in [0.29, 0.717) is 0 Å². The number of thiophene rings is 1. The molecule has 2 aromatic heterocycles. The van der Waals surface area contributed by atoms with Crippen LogP contribution in [0.25, 0.3) is 10.6 Å². The largest absolute Gasteiger partial charge is 0.307 e. The summed E-state index contributed by atoms with van der Waals surface area (Å²) in [6.07, 6.45) is 2.06. The molecule has 0 bridgehead atoms. The van der Waals surface area contributed by atoms with Gasteiger partial charge in [-0.2, -0.15) is 11.3 Å². The molecular formula is C19H18N2OS2. The van der Waals surface area contributed by atoms with Gasteiger partial charge in [0, 0.05) is 23.2 Å². The summed E-state index contributed by atoms with van der Waals surface area (Å²) in [5.74, 6) is 0.0799. The number of carbonyl (C=O) groups is 1. The number of benzene rings is 1. The highest BCUT2D eigenvalue weighted by atomic mass is 32.1. The summed E-state index contributed by atoms with van der Waals surface area (Å²) >= 11 is 3.15. The van der Waals surface area contributed by atoms with Crippen molar-refractivity contribution in [2.75, 3.05) is 11.4 Å². The second-order valence-electron chi connectivity index (χ2n) is 6.14. The van der Waals surface area contributed by atoms with Crippen molar-refractivity contribution in [3.05, 3.63) is 56.7 Å². The standard InChI is InChI=1S/C19H18N2OS2/c1-12-5-6-16-14(10-12)4-3-8-21(16)19(22)17-13(2)20-18(24-17)15-7-9-23-11-15/h5-7,9-11H,3-4,8H2,1-2H3. The molecule has 1 aromatic carbocycles. The molecule has 5 heteroatoms. The van der Waals surface area contributed by atoms with Crippen molar-refractivity contribution in [2.45, 2.75) is 26.7 Å². The highest BCUT2D eigenvalue weighted by Crippen LogP contribution is 2.34. The molecule has 0 unspecified atom stereocenters. The Hall–Kier alpha value is -1.98. The Bertz CT molecular complexity index is 896. The molecule has 0 saturated carbocycles. The number of hydrogen-bond acceptors (Lipinski definition) is 4. The van der Waals surface area contributed by atoms with Crippen LogP contribution in [0.3, 0.4) is 0 Å². The average molecular weight is 355 g/mol. The summed E-state index contributed by atoms with van der Waals surface area (Å²) in [7, 11) is 0. The first kappa shape index (κ1) is 15.5. The second kappa shape index (κ2) is 6.15. The summed E-state index contributed by atoms with van der Waals surface area (Å²) in [6, 6.07) is 8.42. The molecule has 1 amide bonds. The van der Waals surface area contributed by atoms with Crippen molar-refractivity contribution in [2.24, 2.45) is 0 Å². The lowest BCUT2D eigenvalue weighted by Gasteiger charge is -2.29. The minimum atomic E-state index is 0.0799.